The standard InChI is InChI=1S/C66H127NO5/c1-3-5-7-9-11-13-15-17-35-38-42-46-50-54-58-64(69)63(62-68)67-65(70)59-55-51-47-43-39-36-33-31-29-27-25-23-21-19-18-20-22-24-26-28-30-32-34-37-41-45-49-53-57-61-72-66(71)60-56-52-48-44-40-16-14-12-10-8-6-4-2/h12,14,54,58,63-64,68-69H,3-11,13,15-53,55-57,59-62H2,1-2H3,(H,67,70)/b14-12-,58-54+. The Kier molecular flexibility index (Phi) is 60.5. The fraction of sp³-hybridized carbons (Fsp3) is 0.909. The van der Waals surface area contributed by atoms with Gasteiger partial charge in [-0.3, -0.25) is 9.59 Å². The van der Waals surface area contributed by atoms with Gasteiger partial charge in [-0.25, -0.2) is 0 Å². The monoisotopic (exact) mass is 1010 g/mol. The van der Waals surface area contributed by atoms with E-state index in [1.807, 2.05) is 6.08 Å². The van der Waals surface area contributed by atoms with Gasteiger partial charge in [-0.2, -0.15) is 0 Å². The average Bonchev–Trinajstić information content (AvgIpc) is 3.38. The molecule has 72 heavy (non-hydrogen) atoms. The van der Waals surface area contributed by atoms with E-state index in [2.05, 4.69) is 31.3 Å². The first-order chi connectivity index (χ1) is 35.5. The second-order valence-corrected chi connectivity index (χ2v) is 22.5. The summed E-state index contributed by atoms with van der Waals surface area (Å²) in [4.78, 5) is 24.5. The van der Waals surface area contributed by atoms with E-state index in [4.69, 9.17) is 4.74 Å². The number of carbonyl (C=O) groups is 2. The number of aliphatic hydroxyl groups excluding tert-OH is 2. The molecule has 3 N–H and O–H groups in total. The summed E-state index contributed by atoms with van der Waals surface area (Å²) in [7, 11) is 0. The molecule has 0 aromatic rings. The summed E-state index contributed by atoms with van der Waals surface area (Å²) in [5.41, 5.74) is 0. The maximum absolute atomic E-state index is 12.5. The van der Waals surface area contributed by atoms with Gasteiger partial charge in [0.15, 0.2) is 0 Å². The van der Waals surface area contributed by atoms with Crippen LogP contribution in [0.5, 0.6) is 0 Å². The van der Waals surface area contributed by atoms with Crippen LogP contribution in [0.25, 0.3) is 0 Å². The third-order valence-electron chi connectivity index (χ3n) is 15.2. The summed E-state index contributed by atoms with van der Waals surface area (Å²) in [5.74, 6) is -0.0536. The molecule has 0 aliphatic heterocycles. The molecule has 0 radical (unpaired) electrons. The van der Waals surface area contributed by atoms with Gasteiger partial charge in [0, 0.05) is 12.8 Å². The van der Waals surface area contributed by atoms with Crippen molar-refractivity contribution in [3.05, 3.63) is 24.3 Å². The molecule has 0 rings (SSSR count). The number of allylic oxidation sites excluding steroid dienone is 3. The number of hydrogen-bond acceptors (Lipinski definition) is 5. The van der Waals surface area contributed by atoms with Gasteiger partial charge in [0.2, 0.25) is 5.91 Å². The summed E-state index contributed by atoms with van der Waals surface area (Å²) in [6.45, 7) is 4.90. The molecule has 2 atom stereocenters. The molecule has 0 aliphatic carbocycles. The van der Waals surface area contributed by atoms with Gasteiger partial charge in [-0.15, -0.1) is 0 Å². The van der Waals surface area contributed by atoms with Crippen molar-refractivity contribution in [2.45, 2.75) is 373 Å². The Balaban J connectivity index is 3.35. The van der Waals surface area contributed by atoms with Crippen LogP contribution in [-0.4, -0.2) is 47.4 Å². The van der Waals surface area contributed by atoms with Gasteiger partial charge in [-0.1, -0.05) is 314 Å². The van der Waals surface area contributed by atoms with Gasteiger partial charge in [0.05, 0.1) is 25.4 Å². The lowest BCUT2D eigenvalue weighted by Gasteiger charge is -2.20. The van der Waals surface area contributed by atoms with Crippen LogP contribution < -0.4 is 5.32 Å². The molecular weight excluding hydrogens is 887 g/mol. The van der Waals surface area contributed by atoms with E-state index in [9.17, 15) is 19.8 Å². The molecule has 2 unspecified atom stereocenters. The maximum atomic E-state index is 12.5. The van der Waals surface area contributed by atoms with Crippen molar-refractivity contribution in [1.29, 1.82) is 0 Å². The van der Waals surface area contributed by atoms with Crippen molar-refractivity contribution in [3.63, 3.8) is 0 Å². The van der Waals surface area contributed by atoms with Crippen molar-refractivity contribution in [2.24, 2.45) is 0 Å². The quantitative estimate of drug-likeness (QED) is 0.0320. The van der Waals surface area contributed by atoms with Crippen LogP contribution in [0.15, 0.2) is 24.3 Å². The van der Waals surface area contributed by atoms with E-state index in [-0.39, 0.29) is 18.5 Å². The number of esters is 1. The predicted molar refractivity (Wildman–Crippen MR) is 315 cm³/mol. The van der Waals surface area contributed by atoms with Gasteiger partial charge in [0.1, 0.15) is 0 Å². The number of amides is 1. The Morgan fingerprint density at radius 3 is 1.01 bits per heavy atom. The Morgan fingerprint density at radius 2 is 0.653 bits per heavy atom. The minimum absolute atomic E-state index is 0.00926. The SMILES string of the molecule is CCCCC/C=C\CCCCCCCC(=O)OCCCCCCCCCCCCCCCCCCCCCCCCCCCCCCCC(=O)NC(CO)C(O)/C=C/CCCCCCCCCCCCCC. The molecule has 0 aliphatic rings. The fourth-order valence-corrected chi connectivity index (χ4v) is 10.2. The van der Waals surface area contributed by atoms with Crippen molar-refractivity contribution in [1.82, 2.24) is 5.32 Å². The van der Waals surface area contributed by atoms with Gasteiger partial charge < -0.3 is 20.3 Å². The van der Waals surface area contributed by atoms with E-state index in [1.165, 1.54) is 289 Å². The number of ether oxygens (including phenoxy) is 1. The van der Waals surface area contributed by atoms with Crippen LogP contribution in [-0.2, 0) is 14.3 Å². The maximum Gasteiger partial charge on any atom is 0.305 e. The van der Waals surface area contributed by atoms with Crippen LogP contribution in [0.1, 0.15) is 361 Å². The molecule has 0 spiro atoms. The Hall–Kier alpha value is -1.66. The summed E-state index contributed by atoms with van der Waals surface area (Å²) in [6, 6.07) is -0.624. The molecule has 0 aromatic heterocycles. The molecule has 0 bridgehead atoms. The lowest BCUT2D eigenvalue weighted by molar-refractivity contribution is -0.143. The second kappa shape index (κ2) is 61.9. The Bertz CT molecular complexity index is 1120. The third kappa shape index (κ3) is 57.6. The molecule has 0 saturated heterocycles. The number of hydrogen-bond donors (Lipinski definition) is 3. The number of aliphatic hydroxyl groups is 2. The zero-order valence-corrected chi connectivity index (χ0v) is 48.7. The van der Waals surface area contributed by atoms with Crippen molar-refractivity contribution < 1.29 is 24.5 Å². The van der Waals surface area contributed by atoms with Gasteiger partial charge in [0.25, 0.3) is 0 Å². The van der Waals surface area contributed by atoms with Gasteiger partial charge in [-0.05, 0) is 57.8 Å². The highest BCUT2D eigenvalue weighted by molar-refractivity contribution is 5.76. The molecule has 0 saturated carbocycles. The summed E-state index contributed by atoms with van der Waals surface area (Å²) < 4.78 is 5.47. The van der Waals surface area contributed by atoms with Crippen LogP contribution in [0.3, 0.4) is 0 Å². The molecule has 0 heterocycles. The average molecular weight is 1010 g/mol. The summed E-state index contributed by atoms with van der Waals surface area (Å²) in [5, 5.41) is 23.1. The summed E-state index contributed by atoms with van der Waals surface area (Å²) in [6.07, 6.45) is 76.7. The molecule has 1 amide bonds. The zero-order chi connectivity index (χ0) is 52.2. The highest BCUT2D eigenvalue weighted by atomic mass is 16.5. The van der Waals surface area contributed by atoms with Crippen molar-refractivity contribution >= 4 is 11.9 Å². The first kappa shape index (κ1) is 70.3. The highest BCUT2D eigenvalue weighted by Crippen LogP contribution is 2.18. The van der Waals surface area contributed by atoms with E-state index in [1.54, 1.807) is 6.08 Å². The van der Waals surface area contributed by atoms with E-state index in [0.29, 0.717) is 19.4 Å². The van der Waals surface area contributed by atoms with Crippen molar-refractivity contribution in [3.8, 4) is 0 Å². The molecule has 6 heteroatoms. The van der Waals surface area contributed by atoms with Crippen LogP contribution in [0.2, 0.25) is 0 Å². The number of rotatable bonds is 61. The smallest absolute Gasteiger partial charge is 0.305 e. The van der Waals surface area contributed by atoms with Crippen LogP contribution in [0, 0.1) is 0 Å². The highest BCUT2D eigenvalue weighted by Gasteiger charge is 2.18. The summed E-state index contributed by atoms with van der Waals surface area (Å²) >= 11 is 0. The second-order valence-electron chi connectivity index (χ2n) is 22.5. The number of unbranched alkanes of at least 4 members (excludes halogenated alkanes) is 48. The van der Waals surface area contributed by atoms with E-state index >= 15 is 0 Å². The Morgan fingerprint density at radius 1 is 0.375 bits per heavy atom. The Labute approximate surface area is 450 Å². The molecule has 426 valence electrons. The molecule has 0 fully saturated rings. The predicted octanol–water partition coefficient (Wildman–Crippen LogP) is 20.6. The molecule has 6 nitrogen and oxygen atoms in total. The first-order valence-corrected chi connectivity index (χ1v) is 32.6. The number of nitrogens with one attached hydrogen (secondary N) is 1. The molecule has 0 aromatic carbocycles. The lowest BCUT2D eigenvalue weighted by atomic mass is 10.0. The van der Waals surface area contributed by atoms with Crippen LogP contribution >= 0.6 is 0 Å². The largest absolute Gasteiger partial charge is 0.466 e. The molecular formula is C66H127NO5. The van der Waals surface area contributed by atoms with E-state index in [0.717, 1.165) is 44.9 Å². The van der Waals surface area contributed by atoms with Crippen molar-refractivity contribution in [2.75, 3.05) is 13.2 Å². The normalized spacial score (nSPS) is 12.7. The van der Waals surface area contributed by atoms with Gasteiger partial charge >= 0.3 is 5.97 Å². The van der Waals surface area contributed by atoms with E-state index < -0.39 is 12.1 Å². The topological polar surface area (TPSA) is 95.9 Å². The fourth-order valence-electron chi connectivity index (χ4n) is 10.2. The third-order valence-corrected chi connectivity index (χ3v) is 15.2. The zero-order valence-electron chi connectivity index (χ0n) is 48.7. The minimum Gasteiger partial charge on any atom is -0.466 e. The first-order valence-electron chi connectivity index (χ1n) is 32.6. The number of carbonyl (C=O) groups excluding carboxylic acids is 2. The van der Waals surface area contributed by atoms with Crippen LogP contribution in [0.4, 0.5) is 0 Å². The lowest BCUT2D eigenvalue weighted by Crippen LogP contribution is -2.45. The minimum atomic E-state index is -0.841.